The standard InChI is InChI=1S/C10H7BrN2S/c11-10-6(4-5-12)9-7(13)2-1-3-8(9)14-10/h1-3H,4,13H2. The minimum absolute atomic E-state index is 0.398. The average Bonchev–Trinajstić information content (AvgIpc) is 2.45. The fourth-order valence-corrected chi connectivity index (χ4v) is 3.29. The molecule has 0 amide bonds. The van der Waals surface area contributed by atoms with Crippen molar-refractivity contribution in [3.8, 4) is 6.07 Å². The molecule has 0 aliphatic heterocycles. The van der Waals surface area contributed by atoms with Crippen LogP contribution in [0.4, 0.5) is 5.69 Å². The molecule has 0 aliphatic carbocycles. The summed E-state index contributed by atoms with van der Waals surface area (Å²) >= 11 is 5.08. The normalized spacial score (nSPS) is 10.3. The first kappa shape index (κ1) is 9.50. The van der Waals surface area contributed by atoms with Gasteiger partial charge in [0, 0.05) is 21.3 Å². The number of nitrogens with two attached hydrogens (primary N) is 1. The van der Waals surface area contributed by atoms with Gasteiger partial charge in [-0.1, -0.05) is 6.07 Å². The number of hydrogen-bond acceptors (Lipinski definition) is 3. The third-order valence-electron chi connectivity index (χ3n) is 2.05. The molecule has 1 aromatic carbocycles. The largest absolute Gasteiger partial charge is 0.398 e. The van der Waals surface area contributed by atoms with Crippen molar-refractivity contribution in [1.82, 2.24) is 0 Å². The fourth-order valence-electron chi connectivity index (χ4n) is 1.45. The lowest BCUT2D eigenvalue weighted by Crippen LogP contribution is -1.87. The summed E-state index contributed by atoms with van der Waals surface area (Å²) in [5.74, 6) is 0. The maximum absolute atomic E-state index is 8.71. The van der Waals surface area contributed by atoms with Gasteiger partial charge in [0.05, 0.1) is 16.3 Å². The molecule has 1 aromatic heterocycles. The first-order valence-corrected chi connectivity index (χ1v) is 5.67. The van der Waals surface area contributed by atoms with Gasteiger partial charge in [-0.15, -0.1) is 11.3 Å². The number of hydrogen-bond donors (Lipinski definition) is 1. The summed E-state index contributed by atoms with van der Waals surface area (Å²) in [6.45, 7) is 0. The molecule has 0 bridgehead atoms. The number of anilines is 1. The van der Waals surface area contributed by atoms with Crippen LogP contribution in [0.15, 0.2) is 22.0 Å². The van der Waals surface area contributed by atoms with Gasteiger partial charge >= 0.3 is 0 Å². The Labute approximate surface area is 94.1 Å². The topological polar surface area (TPSA) is 49.8 Å². The summed E-state index contributed by atoms with van der Waals surface area (Å²) in [5.41, 5.74) is 7.63. The number of nitriles is 1. The molecule has 0 spiro atoms. The number of halogens is 1. The number of benzene rings is 1. The summed E-state index contributed by atoms with van der Waals surface area (Å²) in [7, 11) is 0. The fraction of sp³-hybridized carbons (Fsp3) is 0.100. The minimum Gasteiger partial charge on any atom is -0.398 e. The molecule has 0 radical (unpaired) electrons. The zero-order valence-electron chi connectivity index (χ0n) is 7.25. The van der Waals surface area contributed by atoms with E-state index in [9.17, 15) is 0 Å². The third kappa shape index (κ3) is 1.39. The Morgan fingerprint density at radius 2 is 2.29 bits per heavy atom. The van der Waals surface area contributed by atoms with Gasteiger partial charge in [0.1, 0.15) is 0 Å². The van der Waals surface area contributed by atoms with Crippen molar-refractivity contribution < 1.29 is 0 Å². The van der Waals surface area contributed by atoms with Gasteiger partial charge < -0.3 is 5.73 Å². The van der Waals surface area contributed by atoms with Crippen molar-refractivity contribution in [1.29, 1.82) is 5.26 Å². The Balaban J connectivity index is 2.81. The van der Waals surface area contributed by atoms with Crippen LogP contribution in [0.2, 0.25) is 0 Å². The molecule has 1 heterocycles. The summed E-state index contributed by atoms with van der Waals surface area (Å²) in [6.07, 6.45) is 0.398. The number of nitrogen functional groups attached to an aromatic ring is 1. The first-order valence-electron chi connectivity index (χ1n) is 4.06. The quantitative estimate of drug-likeness (QED) is 0.806. The van der Waals surface area contributed by atoms with E-state index in [0.29, 0.717) is 6.42 Å². The number of rotatable bonds is 1. The van der Waals surface area contributed by atoms with E-state index in [-0.39, 0.29) is 0 Å². The van der Waals surface area contributed by atoms with Gasteiger partial charge in [0.25, 0.3) is 0 Å². The monoisotopic (exact) mass is 266 g/mol. The highest BCUT2D eigenvalue weighted by molar-refractivity contribution is 9.11. The smallest absolute Gasteiger partial charge is 0.0754 e. The number of fused-ring (bicyclic) bond motifs is 1. The lowest BCUT2D eigenvalue weighted by molar-refractivity contribution is 1.29. The Kier molecular flexibility index (Phi) is 2.44. The van der Waals surface area contributed by atoms with E-state index < -0.39 is 0 Å². The second-order valence-corrected chi connectivity index (χ2v) is 5.28. The molecule has 0 unspecified atom stereocenters. The molecule has 2 aromatic rings. The molecule has 0 saturated heterocycles. The van der Waals surface area contributed by atoms with Crippen LogP contribution >= 0.6 is 27.3 Å². The maximum atomic E-state index is 8.71. The van der Waals surface area contributed by atoms with Gasteiger partial charge in [0.2, 0.25) is 0 Å². The van der Waals surface area contributed by atoms with Crippen molar-refractivity contribution in [3.63, 3.8) is 0 Å². The predicted octanol–water partition coefficient (Wildman–Crippen LogP) is 3.31. The van der Waals surface area contributed by atoms with Crippen molar-refractivity contribution in [2.75, 3.05) is 5.73 Å². The molecule has 2 N–H and O–H groups in total. The van der Waals surface area contributed by atoms with E-state index in [1.165, 1.54) is 0 Å². The molecule has 2 rings (SSSR count). The van der Waals surface area contributed by atoms with Crippen LogP contribution in [-0.4, -0.2) is 0 Å². The molecule has 0 aliphatic rings. The maximum Gasteiger partial charge on any atom is 0.0754 e. The zero-order chi connectivity index (χ0) is 10.1. The molecule has 70 valence electrons. The second kappa shape index (κ2) is 3.60. The van der Waals surface area contributed by atoms with Crippen LogP contribution in [-0.2, 0) is 6.42 Å². The van der Waals surface area contributed by atoms with Crippen molar-refractivity contribution in [3.05, 3.63) is 27.5 Å². The molecule has 0 saturated carbocycles. The van der Waals surface area contributed by atoms with Crippen LogP contribution in [0.3, 0.4) is 0 Å². The number of thiophene rings is 1. The van der Waals surface area contributed by atoms with E-state index in [1.807, 2.05) is 18.2 Å². The Morgan fingerprint density at radius 3 is 3.00 bits per heavy atom. The molecule has 0 atom stereocenters. The Bertz CT molecular complexity index is 525. The lowest BCUT2D eigenvalue weighted by atomic mass is 10.1. The predicted molar refractivity (Wildman–Crippen MR) is 63.3 cm³/mol. The Morgan fingerprint density at radius 1 is 1.50 bits per heavy atom. The van der Waals surface area contributed by atoms with Crippen LogP contribution in [0, 0.1) is 11.3 Å². The lowest BCUT2D eigenvalue weighted by Gasteiger charge is -1.97. The van der Waals surface area contributed by atoms with Crippen molar-refractivity contribution in [2.45, 2.75) is 6.42 Å². The second-order valence-electron chi connectivity index (χ2n) is 2.91. The van der Waals surface area contributed by atoms with E-state index in [0.717, 1.165) is 25.1 Å². The van der Waals surface area contributed by atoms with Crippen LogP contribution < -0.4 is 5.73 Å². The van der Waals surface area contributed by atoms with Crippen LogP contribution in [0.25, 0.3) is 10.1 Å². The van der Waals surface area contributed by atoms with Gasteiger partial charge in [-0.3, -0.25) is 0 Å². The third-order valence-corrected chi connectivity index (χ3v) is 4.00. The highest BCUT2D eigenvalue weighted by atomic mass is 79.9. The summed E-state index contributed by atoms with van der Waals surface area (Å²) in [5, 5.41) is 9.73. The highest BCUT2D eigenvalue weighted by Crippen LogP contribution is 2.38. The van der Waals surface area contributed by atoms with Crippen LogP contribution in [0.5, 0.6) is 0 Å². The SMILES string of the molecule is N#CCc1c(Br)sc2cccc(N)c12. The molecule has 4 heteroatoms. The zero-order valence-corrected chi connectivity index (χ0v) is 9.65. The van der Waals surface area contributed by atoms with Gasteiger partial charge in [0.15, 0.2) is 0 Å². The molecule has 14 heavy (non-hydrogen) atoms. The van der Waals surface area contributed by atoms with Crippen molar-refractivity contribution >= 4 is 43.0 Å². The summed E-state index contributed by atoms with van der Waals surface area (Å²) < 4.78 is 2.13. The molecule has 2 nitrogen and oxygen atoms in total. The van der Waals surface area contributed by atoms with E-state index in [2.05, 4.69) is 22.0 Å². The summed E-state index contributed by atoms with van der Waals surface area (Å²) in [4.78, 5) is 0. The molecular formula is C10H7BrN2S. The molecular weight excluding hydrogens is 260 g/mol. The van der Waals surface area contributed by atoms with Gasteiger partial charge in [-0.05, 0) is 28.1 Å². The Hall–Kier alpha value is -1.05. The highest BCUT2D eigenvalue weighted by Gasteiger charge is 2.11. The van der Waals surface area contributed by atoms with E-state index in [4.69, 9.17) is 11.0 Å². The van der Waals surface area contributed by atoms with E-state index in [1.54, 1.807) is 11.3 Å². The van der Waals surface area contributed by atoms with E-state index >= 15 is 0 Å². The average molecular weight is 267 g/mol. The summed E-state index contributed by atoms with van der Waals surface area (Å²) in [6, 6.07) is 7.96. The molecule has 0 fully saturated rings. The number of nitrogens with zero attached hydrogens (tertiary/aromatic N) is 1. The van der Waals surface area contributed by atoms with Gasteiger partial charge in [-0.2, -0.15) is 5.26 Å². The van der Waals surface area contributed by atoms with Gasteiger partial charge in [-0.25, -0.2) is 0 Å². The minimum atomic E-state index is 0.398. The first-order chi connectivity index (χ1) is 6.74. The van der Waals surface area contributed by atoms with Crippen LogP contribution in [0.1, 0.15) is 5.56 Å². The van der Waals surface area contributed by atoms with Crippen molar-refractivity contribution in [2.24, 2.45) is 0 Å².